The minimum Gasteiger partial charge on any atom is -0.491 e. The van der Waals surface area contributed by atoms with E-state index in [0.29, 0.717) is 11.3 Å². The molecular formula is C19H24N2O4S. The topological polar surface area (TPSA) is 84.5 Å². The number of sulfonamides is 1. The van der Waals surface area contributed by atoms with Crippen LogP contribution in [-0.4, -0.2) is 26.5 Å². The average Bonchev–Trinajstić information content (AvgIpc) is 2.55. The Hall–Kier alpha value is -2.38. The number of hydrogen-bond acceptors (Lipinski definition) is 4. The van der Waals surface area contributed by atoms with Crippen molar-refractivity contribution < 1.29 is 17.9 Å². The number of benzene rings is 2. The molecule has 0 aliphatic rings. The molecule has 0 radical (unpaired) electrons. The van der Waals surface area contributed by atoms with E-state index in [1.165, 1.54) is 24.3 Å². The third-order valence-electron chi connectivity index (χ3n) is 3.30. The smallest absolute Gasteiger partial charge is 0.255 e. The summed E-state index contributed by atoms with van der Waals surface area (Å²) in [5, 5.41) is 2.77. The summed E-state index contributed by atoms with van der Waals surface area (Å²) < 4.78 is 32.3. The van der Waals surface area contributed by atoms with E-state index >= 15 is 0 Å². The zero-order valence-corrected chi connectivity index (χ0v) is 16.1. The van der Waals surface area contributed by atoms with Gasteiger partial charge in [-0.05, 0) is 76.2 Å². The van der Waals surface area contributed by atoms with Gasteiger partial charge in [-0.1, -0.05) is 0 Å². The van der Waals surface area contributed by atoms with Crippen molar-refractivity contribution in [1.29, 1.82) is 0 Å². The Labute approximate surface area is 154 Å². The highest BCUT2D eigenvalue weighted by Crippen LogP contribution is 2.18. The summed E-state index contributed by atoms with van der Waals surface area (Å²) in [5.41, 5.74) is 1.00. The predicted molar refractivity (Wildman–Crippen MR) is 102 cm³/mol. The molecule has 0 saturated heterocycles. The quantitative estimate of drug-likeness (QED) is 0.775. The summed E-state index contributed by atoms with van der Waals surface area (Å²) in [6.45, 7) is 7.38. The van der Waals surface area contributed by atoms with Gasteiger partial charge >= 0.3 is 0 Å². The van der Waals surface area contributed by atoms with Crippen molar-refractivity contribution in [1.82, 2.24) is 4.72 Å². The fourth-order valence-corrected chi connectivity index (χ4v) is 3.51. The molecule has 2 N–H and O–H groups in total. The van der Waals surface area contributed by atoms with Crippen molar-refractivity contribution in [2.24, 2.45) is 0 Å². The van der Waals surface area contributed by atoms with Crippen molar-refractivity contribution in [3.05, 3.63) is 54.1 Å². The summed E-state index contributed by atoms with van der Waals surface area (Å²) in [5.74, 6) is 0.411. The van der Waals surface area contributed by atoms with Gasteiger partial charge in [0.2, 0.25) is 10.0 Å². The summed E-state index contributed by atoms with van der Waals surface area (Å²) in [6.07, 6.45) is 0.0791. The summed E-state index contributed by atoms with van der Waals surface area (Å²) in [6, 6.07) is 12.7. The molecule has 0 aliphatic carbocycles. The number of anilines is 1. The predicted octanol–water partition coefficient (Wildman–Crippen LogP) is 3.41. The number of hydrogen-bond donors (Lipinski definition) is 2. The zero-order valence-electron chi connectivity index (χ0n) is 15.3. The van der Waals surface area contributed by atoms with Crippen LogP contribution in [0, 0.1) is 0 Å². The fraction of sp³-hybridized carbons (Fsp3) is 0.316. The van der Waals surface area contributed by atoms with Crippen molar-refractivity contribution in [3.8, 4) is 5.75 Å². The summed E-state index contributed by atoms with van der Waals surface area (Å²) >= 11 is 0. The second kappa shape index (κ2) is 8.33. The number of nitrogens with one attached hydrogen (secondary N) is 2. The van der Waals surface area contributed by atoms with Gasteiger partial charge in [-0.3, -0.25) is 4.79 Å². The first kappa shape index (κ1) is 19.9. The van der Waals surface area contributed by atoms with E-state index < -0.39 is 10.0 Å². The molecule has 0 fully saturated rings. The largest absolute Gasteiger partial charge is 0.491 e. The molecular weight excluding hydrogens is 352 g/mol. The Kier molecular flexibility index (Phi) is 6.39. The molecule has 2 aromatic rings. The molecule has 0 heterocycles. The SMILES string of the molecule is CC(C)NS(=O)(=O)c1ccc(C(=O)Nc2ccc(OC(C)C)cc2)cc1. The first-order chi connectivity index (χ1) is 12.2. The van der Waals surface area contributed by atoms with Gasteiger partial charge in [0.25, 0.3) is 5.91 Å². The molecule has 0 atom stereocenters. The molecule has 140 valence electrons. The Morgan fingerprint density at radius 2 is 1.50 bits per heavy atom. The number of carbonyl (C=O) groups is 1. The average molecular weight is 376 g/mol. The molecule has 1 amide bonds. The standard InChI is InChI=1S/C19H24N2O4S/c1-13(2)21-26(23,24)18-11-5-15(6-12-18)19(22)20-16-7-9-17(10-8-16)25-14(3)4/h5-14,21H,1-4H3,(H,20,22). The maximum Gasteiger partial charge on any atom is 0.255 e. The van der Waals surface area contributed by atoms with Gasteiger partial charge in [0.1, 0.15) is 5.75 Å². The first-order valence-corrected chi connectivity index (χ1v) is 9.86. The van der Waals surface area contributed by atoms with Gasteiger partial charge < -0.3 is 10.1 Å². The minimum atomic E-state index is -3.57. The minimum absolute atomic E-state index is 0.0791. The van der Waals surface area contributed by atoms with Gasteiger partial charge in [0.15, 0.2) is 0 Å². The maximum absolute atomic E-state index is 12.3. The first-order valence-electron chi connectivity index (χ1n) is 8.38. The third-order valence-corrected chi connectivity index (χ3v) is 4.98. The van der Waals surface area contributed by atoms with Crippen LogP contribution in [0.25, 0.3) is 0 Å². The van der Waals surface area contributed by atoms with Crippen LogP contribution in [0.5, 0.6) is 5.75 Å². The molecule has 0 aromatic heterocycles. The number of carbonyl (C=O) groups excluding carboxylic acids is 1. The molecule has 0 unspecified atom stereocenters. The van der Waals surface area contributed by atoms with Gasteiger partial charge in [-0.2, -0.15) is 0 Å². The highest BCUT2D eigenvalue weighted by atomic mass is 32.2. The van der Waals surface area contributed by atoms with Crippen LogP contribution in [-0.2, 0) is 10.0 Å². The molecule has 0 bridgehead atoms. The van der Waals surface area contributed by atoms with Crippen LogP contribution in [0.15, 0.2) is 53.4 Å². The summed E-state index contributed by atoms with van der Waals surface area (Å²) in [4.78, 5) is 12.4. The van der Waals surface area contributed by atoms with Crippen LogP contribution in [0.3, 0.4) is 0 Å². The molecule has 0 spiro atoms. The lowest BCUT2D eigenvalue weighted by molar-refractivity contribution is 0.102. The van der Waals surface area contributed by atoms with E-state index in [1.807, 2.05) is 13.8 Å². The monoisotopic (exact) mass is 376 g/mol. The van der Waals surface area contributed by atoms with E-state index in [0.717, 1.165) is 5.75 Å². The molecule has 26 heavy (non-hydrogen) atoms. The highest BCUT2D eigenvalue weighted by Gasteiger charge is 2.16. The zero-order chi connectivity index (χ0) is 19.3. The third kappa shape index (κ3) is 5.57. The number of rotatable bonds is 7. The van der Waals surface area contributed by atoms with Gasteiger partial charge in [0.05, 0.1) is 11.0 Å². The van der Waals surface area contributed by atoms with E-state index in [9.17, 15) is 13.2 Å². The molecule has 7 heteroatoms. The molecule has 6 nitrogen and oxygen atoms in total. The highest BCUT2D eigenvalue weighted by molar-refractivity contribution is 7.89. The van der Waals surface area contributed by atoms with Gasteiger partial charge in [-0.15, -0.1) is 0 Å². The lowest BCUT2D eigenvalue weighted by Crippen LogP contribution is -2.30. The number of amides is 1. The number of ether oxygens (including phenoxy) is 1. The molecule has 0 aliphatic heterocycles. The van der Waals surface area contributed by atoms with Crippen LogP contribution < -0.4 is 14.8 Å². The van der Waals surface area contributed by atoms with E-state index in [4.69, 9.17) is 4.74 Å². The van der Waals surface area contributed by atoms with Gasteiger partial charge in [-0.25, -0.2) is 13.1 Å². The Balaban J connectivity index is 2.06. The molecule has 2 aromatic carbocycles. The summed E-state index contributed by atoms with van der Waals surface area (Å²) in [7, 11) is -3.57. The Bertz CT molecular complexity index is 842. The maximum atomic E-state index is 12.3. The van der Waals surface area contributed by atoms with Crippen molar-refractivity contribution >= 4 is 21.6 Å². The van der Waals surface area contributed by atoms with E-state index in [1.54, 1.807) is 38.1 Å². The second-order valence-corrected chi connectivity index (χ2v) is 8.16. The molecule has 2 rings (SSSR count). The fourth-order valence-electron chi connectivity index (χ4n) is 2.26. The van der Waals surface area contributed by atoms with Crippen LogP contribution >= 0.6 is 0 Å². The van der Waals surface area contributed by atoms with Crippen LogP contribution in [0.1, 0.15) is 38.1 Å². The Morgan fingerprint density at radius 3 is 2.00 bits per heavy atom. The second-order valence-electron chi connectivity index (χ2n) is 6.45. The van der Waals surface area contributed by atoms with Crippen molar-refractivity contribution in [2.45, 2.75) is 44.7 Å². The van der Waals surface area contributed by atoms with Crippen molar-refractivity contribution in [2.75, 3.05) is 5.32 Å². The molecule has 0 saturated carbocycles. The van der Waals surface area contributed by atoms with E-state index in [2.05, 4.69) is 10.0 Å². The van der Waals surface area contributed by atoms with E-state index in [-0.39, 0.29) is 22.9 Å². The Morgan fingerprint density at radius 1 is 0.923 bits per heavy atom. The normalized spacial score (nSPS) is 11.6. The van der Waals surface area contributed by atoms with Gasteiger partial charge in [0, 0.05) is 17.3 Å². The van der Waals surface area contributed by atoms with Crippen LogP contribution in [0.2, 0.25) is 0 Å². The lowest BCUT2D eigenvalue weighted by Gasteiger charge is -2.11. The van der Waals surface area contributed by atoms with Crippen LogP contribution in [0.4, 0.5) is 5.69 Å². The van der Waals surface area contributed by atoms with Crippen molar-refractivity contribution in [3.63, 3.8) is 0 Å². The lowest BCUT2D eigenvalue weighted by atomic mass is 10.2.